The standard InChI is InChI=1S/C27H34N6O4/c1-16-12-21(29)22(13-17(16)2)32-24(34)23-14-20(10-11-33(23)26(36)37-27(3,4)5)31-25(35)30-19-8-6-18(15-28)7-9-19/h6-9,12-13,20,23H,10-11,14,29H2,1-5H3,(H,32,34)(H2,30,31,35). The second-order valence-electron chi connectivity index (χ2n) is 10.2. The van der Waals surface area contributed by atoms with Gasteiger partial charge in [-0.25, -0.2) is 9.59 Å². The Labute approximate surface area is 217 Å². The fourth-order valence-electron chi connectivity index (χ4n) is 4.03. The minimum atomic E-state index is -0.884. The van der Waals surface area contributed by atoms with Gasteiger partial charge in [0.25, 0.3) is 0 Å². The van der Waals surface area contributed by atoms with Gasteiger partial charge in [0, 0.05) is 18.3 Å². The molecule has 2 unspecified atom stereocenters. The molecule has 196 valence electrons. The number of amides is 4. The van der Waals surface area contributed by atoms with Crippen molar-refractivity contribution in [2.24, 2.45) is 0 Å². The van der Waals surface area contributed by atoms with Crippen LogP contribution in [-0.4, -0.2) is 47.2 Å². The van der Waals surface area contributed by atoms with Gasteiger partial charge >= 0.3 is 12.1 Å². The smallest absolute Gasteiger partial charge is 0.410 e. The van der Waals surface area contributed by atoms with Crippen LogP contribution in [0.25, 0.3) is 0 Å². The average Bonchev–Trinajstić information content (AvgIpc) is 2.81. The number of urea groups is 1. The lowest BCUT2D eigenvalue weighted by molar-refractivity contribution is -0.122. The lowest BCUT2D eigenvalue weighted by Gasteiger charge is -2.39. The molecular formula is C27H34N6O4. The highest BCUT2D eigenvalue weighted by atomic mass is 16.6. The summed E-state index contributed by atoms with van der Waals surface area (Å²) in [5.41, 5.74) is 9.27. The van der Waals surface area contributed by atoms with Crippen molar-refractivity contribution in [2.75, 3.05) is 22.9 Å². The van der Waals surface area contributed by atoms with Crippen LogP contribution in [0.3, 0.4) is 0 Å². The number of benzene rings is 2. The molecule has 3 rings (SSSR count). The van der Waals surface area contributed by atoms with Crippen molar-refractivity contribution >= 4 is 35.1 Å². The van der Waals surface area contributed by atoms with Crippen LogP contribution in [0, 0.1) is 25.2 Å². The number of likely N-dealkylation sites (tertiary alicyclic amines) is 1. The molecule has 0 spiro atoms. The monoisotopic (exact) mass is 506 g/mol. The van der Waals surface area contributed by atoms with Crippen molar-refractivity contribution in [1.29, 1.82) is 5.26 Å². The predicted octanol–water partition coefficient (Wildman–Crippen LogP) is 4.29. The summed E-state index contributed by atoms with van der Waals surface area (Å²) in [4.78, 5) is 40.4. The third-order valence-electron chi connectivity index (χ3n) is 6.06. The quantitative estimate of drug-likeness (QED) is 0.455. The van der Waals surface area contributed by atoms with Crippen LogP contribution in [0.4, 0.5) is 26.7 Å². The number of nitrogens with one attached hydrogen (secondary N) is 3. The van der Waals surface area contributed by atoms with Crippen LogP contribution in [-0.2, 0) is 9.53 Å². The Morgan fingerprint density at radius 2 is 1.73 bits per heavy atom. The highest BCUT2D eigenvalue weighted by Crippen LogP contribution is 2.26. The maximum atomic E-state index is 13.4. The van der Waals surface area contributed by atoms with Crippen LogP contribution in [0.2, 0.25) is 0 Å². The molecule has 1 saturated heterocycles. The number of nitriles is 1. The highest BCUT2D eigenvalue weighted by molar-refractivity contribution is 5.99. The molecule has 5 N–H and O–H groups in total. The van der Waals surface area contributed by atoms with Gasteiger partial charge in [-0.3, -0.25) is 9.69 Å². The summed E-state index contributed by atoms with van der Waals surface area (Å²) < 4.78 is 5.54. The molecule has 1 aliphatic rings. The molecule has 0 saturated carbocycles. The number of hydrogen-bond donors (Lipinski definition) is 4. The maximum absolute atomic E-state index is 13.4. The van der Waals surface area contributed by atoms with E-state index in [0.29, 0.717) is 29.0 Å². The number of ether oxygens (including phenoxy) is 1. The Kier molecular flexibility index (Phi) is 8.28. The Hall–Kier alpha value is -4.26. The zero-order valence-corrected chi connectivity index (χ0v) is 21.8. The summed E-state index contributed by atoms with van der Waals surface area (Å²) in [5.74, 6) is -0.417. The molecular weight excluding hydrogens is 472 g/mol. The van der Waals surface area contributed by atoms with Crippen molar-refractivity contribution in [1.82, 2.24) is 10.2 Å². The third kappa shape index (κ3) is 7.36. The molecule has 10 heteroatoms. The number of aryl methyl sites for hydroxylation is 2. The highest BCUT2D eigenvalue weighted by Gasteiger charge is 2.39. The van der Waals surface area contributed by atoms with Crippen molar-refractivity contribution in [3.8, 4) is 6.07 Å². The van der Waals surface area contributed by atoms with E-state index in [1.807, 2.05) is 19.9 Å². The van der Waals surface area contributed by atoms with Gasteiger partial charge in [0.05, 0.1) is 23.0 Å². The van der Waals surface area contributed by atoms with Crippen molar-refractivity contribution < 1.29 is 19.1 Å². The van der Waals surface area contributed by atoms with E-state index < -0.39 is 29.7 Å². The van der Waals surface area contributed by atoms with Gasteiger partial charge in [-0.2, -0.15) is 5.26 Å². The van der Waals surface area contributed by atoms with Gasteiger partial charge < -0.3 is 26.4 Å². The largest absolute Gasteiger partial charge is 0.444 e. The number of rotatable bonds is 4. The van der Waals surface area contributed by atoms with Crippen LogP contribution in [0.15, 0.2) is 36.4 Å². The van der Waals surface area contributed by atoms with Crippen LogP contribution in [0.5, 0.6) is 0 Å². The van der Waals surface area contributed by atoms with Crippen molar-refractivity contribution in [3.63, 3.8) is 0 Å². The van der Waals surface area contributed by atoms with Crippen LogP contribution in [0.1, 0.15) is 50.3 Å². The Morgan fingerprint density at radius 3 is 2.35 bits per heavy atom. The lowest BCUT2D eigenvalue weighted by Crippen LogP contribution is -2.57. The number of nitrogen functional groups attached to an aromatic ring is 1. The number of hydrogen-bond acceptors (Lipinski definition) is 6. The average molecular weight is 507 g/mol. The number of carbonyl (C=O) groups is 3. The minimum Gasteiger partial charge on any atom is -0.444 e. The summed E-state index contributed by atoms with van der Waals surface area (Å²) >= 11 is 0. The van der Waals surface area contributed by atoms with Gasteiger partial charge in [0.2, 0.25) is 5.91 Å². The van der Waals surface area contributed by atoms with E-state index in [-0.39, 0.29) is 19.0 Å². The molecule has 0 aromatic heterocycles. The van der Waals surface area contributed by atoms with Gasteiger partial charge in [-0.15, -0.1) is 0 Å². The number of carbonyl (C=O) groups excluding carboxylic acids is 3. The van der Waals surface area contributed by atoms with E-state index >= 15 is 0 Å². The first kappa shape index (κ1) is 27.3. The second kappa shape index (κ2) is 11.2. The van der Waals surface area contributed by atoms with Crippen LogP contribution >= 0.6 is 0 Å². The fraction of sp³-hybridized carbons (Fsp3) is 0.407. The summed E-state index contributed by atoms with van der Waals surface area (Å²) in [7, 11) is 0. The number of anilines is 3. The molecule has 37 heavy (non-hydrogen) atoms. The minimum absolute atomic E-state index is 0.191. The molecule has 4 amide bonds. The van der Waals surface area contributed by atoms with E-state index in [9.17, 15) is 14.4 Å². The molecule has 0 bridgehead atoms. The van der Waals surface area contributed by atoms with E-state index in [4.69, 9.17) is 15.7 Å². The summed E-state index contributed by atoms with van der Waals surface area (Å²) in [5, 5.41) is 17.4. The lowest BCUT2D eigenvalue weighted by atomic mass is 9.96. The first-order valence-corrected chi connectivity index (χ1v) is 12.1. The topological polar surface area (TPSA) is 150 Å². The number of nitrogens with zero attached hydrogens (tertiary/aromatic N) is 2. The van der Waals surface area contributed by atoms with Crippen molar-refractivity contribution in [3.05, 3.63) is 53.1 Å². The summed E-state index contributed by atoms with van der Waals surface area (Å²) in [6.07, 6.45) is 0.0350. The number of piperidine rings is 1. The van der Waals surface area contributed by atoms with Crippen molar-refractivity contribution in [2.45, 2.75) is 65.1 Å². The maximum Gasteiger partial charge on any atom is 0.410 e. The Morgan fingerprint density at radius 1 is 1.08 bits per heavy atom. The predicted molar refractivity (Wildman–Crippen MR) is 142 cm³/mol. The SMILES string of the molecule is Cc1cc(N)c(NC(=O)C2CC(NC(=O)Nc3ccc(C#N)cc3)CCN2C(=O)OC(C)(C)C)cc1C. The molecule has 0 radical (unpaired) electrons. The first-order chi connectivity index (χ1) is 17.4. The summed E-state index contributed by atoms with van der Waals surface area (Å²) in [6.45, 7) is 9.36. The zero-order valence-electron chi connectivity index (χ0n) is 21.8. The van der Waals surface area contributed by atoms with Gasteiger partial charge in [0.1, 0.15) is 11.6 Å². The van der Waals surface area contributed by atoms with Crippen LogP contribution < -0.4 is 21.7 Å². The molecule has 2 aromatic rings. The summed E-state index contributed by atoms with van der Waals surface area (Å²) in [6, 6.07) is 10.4. The zero-order chi connectivity index (χ0) is 27.3. The van der Waals surface area contributed by atoms with E-state index in [1.165, 1.54) is 4.90 Å². The van der Waals surface area contributed by atoms with E-state index in [0.717, 1.165) is 11.1 Å². The molecule has 1 aliphatic heterocycles. The van der Waals surface area contributed by atoms with Gasteiger partial charge in [-0.05, 0) is 95.0 Å². The molecule has 10 nitrogen and oxygen atoms in total. The molecule has 0 aliphatic carbocycles. The first-order valence-electron chi connectivity index (χ1n) is 12.1. The number of nitrogens with two attached hydrogens (primary N) is 1. The van der Waals surface area contributed by atoms with Gasteiger partial charge in [0.15, 0.2) is 0 Å². The third-order valence-corrected chi connectivity index (χ3v) is 6.06. The molecule has 1 fully saturated rings. The van der Waals surface area contributed by atoms with E-state index in [2.05, 4.69) is 16.0 Å². The van der Waals surface area contributed by atoms with E-state index in [1.54, 1.807) is 57.2 Å². The molecule has 2 atom stereocenters. The molecule has 1 heterocycles. The normalized spacial score (nSPS) is 17.4. The Bertz CT molecular complexity index is 1210. The molecule has 2 aromatic carbocycles. The second-order valence-corrected chi connectivity index (χ2v) is 10.2. The fourth-order valence-corrected chi connectivity index (χ4v) is 4.03. The van der Waals surface area contributed by atoms with Gasteiger partial charge in [-0.1, -0.05) is 0 Å². The Balaban J connectivity index is 1.75.